The Morgan fingerprint density at radius 1 is 1.17 bits per heavy atom. The SMILES string of the molecule is CC(C)CC[C@](C)(O)CNC(=O)C(=O)Nc1cc(F)cc(F)c1. The number of hydrogen-bond acceptors (Lipinski definition) is 3. The maximum atomic E-state index is 13.0. The quantitative estimate of drug-likeness (QED) is 0.701. The van der Waals surface area contributed by atoms with Gasteiger partial charge in [0, 0.05) is 18.3 Å². The highest BCUT2D eigenvalue weighted by Crippen LogP contribution is 2.15. The van der Waals surface area contributed by atoms with Crippen molar-refractivity contribution in [2.75, 3.05) is 11.9 Å². The van der Waals surface area contributed by atoms with E-state index in [0.717, 1.165) is 18.6 Å². The molecule has 0 saturated carbocycles. The molecule has 1 aromatic rings. The summed E-state index contributed by atoms with van der Waals surface area (Å²) in [6.07, 6.45) is 1.25. The second-order valence-corrected chi connectivity index (χ2v) is 6.22. The van der Waals surface area contributed by atoms with Crippen LogP contribution in [0.1, 0.15) is 33.6 Å². The van der Waals surface area contributed by atoms with Crippen molar-refractivity contribution in [3.8, 4) is 0 Å². The Bertz CT molecular complexity index is 554. The van der Waals surface area contributed by atoms with Gasteiger partial charge in [-0.2, -0.15) is 0 Å². The first-order chi connectivity index (χ1) is 10.6. The third-order valence-corrected chi connectivity index (χ3v) is 3.22. The number of rotatable bonds is 6. The van der Waals surface area contributed by atoms with Gasteiger partial charge in [0.25, 0.3) is 0 Å². The topological polar surface area (TPSA) is 78.4 Å². The molecule has 0 heterocycles. The van der Waals surface area contributed by atoms with E-state index in [1.807, 2.05) is 13.8 Å². The molecule has 7 heteroatoms. The van der Waals surface area contributed by atoms with Crippen molar-refractivity contribution < 1.29 is 23.5 Å². The molecule has 0 saturated heterocycles. The molecule has 1 atom stereocenters. The van der Waals surface area contributed by atoms with Crippen molar-refractivity contribution in [3.05, 3.63) is 29.8 Å². The second kappa shape index (κ2) is 8.01. The van der Waals surface area contributed by atoms with E-state index in [4.69, 9.17) is 0 Å². The lowest BCUT2D eigenvalue weighted by atomic mass is 9.95. The molecule has 0 aliphatic rings. The Labute approximate surface area is 134 Å². The molecule has 1 rings (SSSR count). The third kappa shape index (κ3) is 7.19. The summed E-state index contributed by atoms with van der Waals surface area (Å²) in [5, 5.41) is 14.5. The molecule has 0 bridgehead atoms. The largest absolute Gasteiger partial charge is 0.388 e. The van der Waals surface area contributed by atoms with Crippen molar-refractivity contribution >= 4 is 17.5 Å². The number of carbonyl (C=O) groups is 2. The van der Waals surface area contributed by atoms with Gasteiger partial charge in [0.2, 0.25) is 0 Å². The van der Waals surface area contributed by atoms with Crippen LogP contribution < -0.4 is 10.6 Å². The summed E-state index contributed by atoms with van der Waals surface area (Å²) < 4.78 is 26.0. The number of halogens is 2. The van der Waals surface area contributed by atoms with Gasteiger partial charge < -0.3 is 15.7 Å². The average Bonchev–Trinajstić information content (AvgIpc) is 2.41. The molecule has 23 heavy (non-hydrogen) atoms. The maximum Gasteiger partial charge on any atom is 0.313 e. The zero-order chi connectivity index (χ0) is 17.6. The maximum absolute atomic E-state index is 13.0. The van der Waals surface area contributed by atoms with Crippen molar-refractivity contribution in [2.45, 2.75) is 39.2 Å². The van der Waals surface area contributed by atoms with E-state index in [0.29, 0.717) is 18.4 Å². The predicted molar refractivity (Wildman–Crippen MR) is 82.7 cm³/mol. The summed E-state index contributed by atoms with van der Waals surface area (Å²) in [4.78, 5) is 23.3. The lowest BCUT2D eigenvalue weighted by Crippen LogP contribution is -2.44. The summed E-state index contributed by atoms with van der Waals surface area (Å²) in [5.41, 5.74) is -1.29. The lowest BCUT2D eigenvalue weighted by molar-refractivity contribution is -0.136. The summed E-state index contributed by atoms with van der Waals surface area (Å²) in [6.45, 7) is 5.50. The molecule has 3 N–H and O–H groups in total. The molecule has 0 radical (unpaired) electrons. The highest BCUT2D eigenvalue weighted by molar-refractivity contribution is 6.39. The number of nitrogens with one attached hydrogen (secondary N) is 2. The first-order valence-electron chi connectivity index (χ1n) is 7.37. The Balaban J connectivity index is 2.52. The van der Waals surface area contributed by atoms with Crippen LogP contribution in [-0.2, 0) is 9.59 Å². The van der Waals surface area contributed by atoms with Gasteiger partial charge in [-0.05, 0) is 37.8 Å². The second-order valence-electron chi connectivity index (χ2n) is 6.22. The fourth-order valence-corrected chi connectivity index (χ4v) is 1.85. The number of benzene rings is 1. The molecule has 0 aromatic heterocycles. The molecule has 0 unspecified atom stereocenters. The van der Waals surface area contributed by atoms with Crippen LogP contribution in [-0.4, -0.2) is 29.1 Å². The standard InChI is InChI=1S/C16H22F2N2O3/c1-10(2)4-5-16(3,23)9-19-14(21)15(22)20-13-7-11(17)6-12(18)8-13/h6-8,10,23H,4-5,9H2,1-3H3,(H,19,21)(H,20,22)/t16-/m0/s1. The average molecular weight is 328 g/mol. The minimum Gasteiger partial charge on any atom is -0.388 e. The van der Waals surface area contributed by atoms with Crippen molar-refractivity contribution in [2.24, 2.45) is 5.92 Å². The summed E-state index contributed by atoms with van der Waals surface area (Å²) in [7, 11) is 0. The van der Waals surface area contributed by atoms with Gasteiger partial charge in [-0.15, -0.1) is 0 Å². The van der Waals surface area contributed by atoms with Crippen LogP contribution in [0.3, 0.4) is 0 Å². The molecule has 0 aliphatic heterocycles. The first kappa shape index (κ1) is 19.0. The molecule has 5 nitrogen and oxygen atoms in total. The monoisotopic (exact) mass is 328 g/mol. The van der Waals surface area contributed by atoms with Crippen molar-refractivity contribution in [1.82, 2.24) is 5.32 Å². The van der Waals surface area contributed by atoms with Gasteiger partial charge in [0.05, 0.1) is 5.60 Å². The zero-order valence-electron chi connectivity index (χ0n) is 13.5. The molecular formula is C16H22F2N2O3. The van der Waals surface area contributed by atoms with Crippen LogP contribution in [0.2, 0.25) is 0 Å². The molecule has 1 aromatic carbocycles. The lowest BCUT2D eigenvalue weighted by Gasteiger charge is -2.24. The van der Waals surface area contributed by atoms with Gasteiger partial charge in [-0.25, -0.2) is 8.78 Å². The van der Waals surface area contributed by atoms with Gasteiger partial charge in [-0.3, -0.25) is 9.59 Å². The minimum atomic E-state index is -1.13. The highest BCUT2D eigenvalue weighted by atomic mass is 19.1. The third-order valence-electron chi connectivity index (χ3n) is 3.22. The Morgan fingerprint density at radius 3 is 2.26 bits per heavy atom. The van der Waals surface area contributed by atoms with Crippen LogP contribution in [0.5, 0.6) is 0 Å². The van der Waals surface area contributed by atoms with E-state index < -0.39 is 29.0 Å². The normalized spacial score (nSPS) is 13.5. The summed E-state index contributed by atoms with van der Waals surface area (Å²) >= 11 is 0. The van der Waals surface area contributed by atoms with Gasteiger partial charge >= 0.3 is 11.8 Å². The van der Waals surface area contributed by atoms with E-state index in [1.54, 1.807) is 6.92 Å². The molecule has 128 valence electrons. The molecule has 0 fully saturated rings. The van der Waals surface area contributed by atoms with Crippen molar-refractivity contribution in [3.63, 3.8) is 0 Å². The number of amides is 2. The zero-order valence-corrected chi connectivity index (χ0v) is 13.5. The fraction of sp³-hybridized carbons (Fsp3) is 0.500. The van der Waals surface area contributed by atoms with E-state index >= 15 is 0 Å². The molecular weight excluding hydrogens is 306 g/mol. The van der Waals surface area contributed by atoms with Crippen LogP contribution >= 0.6 is 0 Å². The van der Waals surface area contributed by atoms with Crippen LogP contribution in [0.25, 0.3) is 0 Å². The Hall–Kier alpha value is -2.02. The summed E-state index contributed by atoms with van der Waals surface area (Å²) in [6, 6.07) is 2.45. The van der Waals surface area contributed by atoms with Gasteiger partial charge in [0.15, 0.2) is 0 Å². The number of anilines is 1. The van der Waals surface area contributed by atoms with E-state index in [1.165, 1.54) is 0 Å². The predicted octanol–water partition coefficient (Wildman–Crippen LogP) is 2.21. The van der Waals surface area contributed by atoms with E-state index in [9.17, 15) is 23.5 Å². The van der Waals surface area contributed by atoms with Crippen LogP contribution in [0.4, 0.5) is 14.5 Å². The first-order valence-corrected chi connectivity index (χ1v) is 7.37. The van der Waals surface area contributed by atoms with Gasteiger partial charge in [0.1, 0.15) is 11.6 Å². The smallest absolute Gasteiger partial charge is 0.313 e. The van der Waals surface area contributed by atoms with Crippen LogP contribution in [0, 0.1) is 17.6 Å². The van der Waals surface area contributed by atoms with E-state index in [2.05, 4.69) is 10.6 Å². The number of aliphatic hydroxyl groups is 1. The summed E-state index contributed by atoms with van der Waals surface area (Å²) in [5.74, 6) is -3.37. The highest BCUT2D eigenvalue weighted by Gasteiger charge is 2.23. The Kier molecular flexibility index (Phi) is 6.62. The number of carbonyl (C=O) groups excluding carboxylic acids is 2. The van der Waals surface area contributed by atoms with Crippen molar-refractivity contribution in [1.29, 1.82) is 0 Å². The fourth-order valence-electron chi connectivity index (χ4n) is 1.85. The van der Waals surface area contributed by atoms with Gasteiger partial charge in [-0.1, -0.05) is 13.8 Å². The number of hydrogen-bond donors (Lipinski definition) is 3. The Morgan fingerprint density at radius 2 is 1.74 bits per heavy atom. The minimum absolute atomic E-state index is 0.0938. The van der Waals surface area contributed by atoms with E-state index in [-0.39, 0.29) is 12.2 Å². The molecule has 0 aliphatic carbocycles. The molecule has 0 spiro atoms. The molecule has 2 amide bonds. The van der Waals surface area contributed by atoms with Crippen LogP contribution in [0.15, 0.2) is 18.2 Å².